The van der Waals surface area contributed by atoms with Crippen LogP contribution in [-0.4, -0.2) is 66.3 Å². The van der Waals surface area contributed by atoms with Gasteiger partial charge in [0.25, 0.3) is 0 Å². The van der Waals surface area contributed by atoms with Crippen LogP contribution in [0.25, 0.3) is 0 Å². The van der Waals surface area contributed by atoms with Gasteiger partial charge in [-0.2, -0.15) is 0 Å². The van der Waals surface area contributed by atoms with Crippen LogP contribution in [0.1, 0.15) is 83.1 Å². The predicted molar refractivity (Wildman–Crippen MR) is 129 cm³/mol. The fourth-order valence-corrected chi connectivity index (χ4v) is 2.71. The Balaban J connectivity index is 3.50. The minimum Gasteiger partial charge on any atom is -0.462 e. The van der Waals surface area contributed by atoms with Gasteiger partial charge in [-0.05, 0) is 83.1 Å². The normalized spacial score (nSPS) is 25.5. The largest absolute Gasteiger partial charge is 0.462 e. The van der Waals surface area contributed by atoms with Crippen molar-refractivity contribution in [2.24, 2.45) is 21.7 Å². The number of carbonyl (C=O) groups is 4. The van der Waals surface area contributed by atoms with Gasteiger partial charge in [0.05, 0.1) is 21.7 Å². The van der Waals surface area contributed by atoms with E-state index in [9.17, 15) is 24.3 Å². The molecule has 1 fully saturated rings. The summed E-state index contributed by atoms with van der Waals surface area (Å²) in [4.78, 5) is 50.8. The number of aliphatic hydroxyl groups is 1. The highest BCUT2D eigenvalue weighted by molar-refractivity contribution is 5.78. The van der Waals surface area contributed by atoms with Crippen molar-refractivity contribution < 1.29 is 48.0 Å². The van der Waals surface area contributed by atoms with E-state index >= 15 is 0 Å². The maximum absolute atomic E-state index is 12.9. The molecule has 5 atom stereocenters. The molecule has 0 saturated carbocycles. The maximum Gasteiger partial charge on any atom is 0.311 e. The Bertz CT molecular complexity index is 820. The lowest BCUT2D eigenvalue weighted by Crippen LogP contribution is -2.63. The summed E-state index contributed by atoms with van der Waals surface area (Å²) in [5.74, 6) is -2.57. The molecule has 1 aliphatic rings. The van der Waals surface area contributed by atoms with Gasteiger partial charge >= 0.3 is 23.9 Å². The van der Waals surface area contributed by atoms with Gasteiger partial charge in [-0.1, -0.05) is 0 Å². The Morgan fingerprint density at radius 1 is 0.583 bits per heavy atom. The van der Waals surface area contributed by atoms with Crippen LogP contribution in [0, 0.1) is 21.7 Å². The van der Waals surface area contributed by atoms with E-state index in [1.165, 1.54) is 0 Å². The molecule has 36 heavy (non-hydrogen) atoms. The van der Waals surface area contributed by atoms with E-state index in [1.54, 1.807) is 83.1 Å². The highest BCUT2D eigenvalue weighted by Crippen LogP contribution is 2.33. The van der Waals surface area contributed by atoms with Crippen LogP contribution >= 0.6 is 0 Å². The van der Waals surface area contributed by atoms with Crippen LogP contribution in [0.5, 0.6) is 0 Å². The molecule has 0 aromatic carbocycles. The fraction of sp³-hybridized carbons (Fsp3) is 0.846. The highest BCUT2D eigenvalue weighted by Gasteiger charge is 2.54. The molecule has 0 amide bonds. The molecule has 0 aliphatic carbocycles. The van der Waals surface area contributed by atoms with E-state index in [2.05, 4.69) is 0 Å². The SMILES string of the molecule is CC(C)(C)C(=O)OC[C@@H]1O[C@@H](O)[C@@H](OC(=O)C(C)(C)C)[C@@H](OC(=O)C(C)(C)C)[C@@H]1OC(=O)C(C)(C)C. The standard InChI is InChI=1S/C26H44O10/c1-23(2,3)19(28)32-13-14-15(34-20(29)24(4,5)6)16(35-21(30)25(7,8)9)17(18(27)33-14)36-22(31)26(10,11)12/h14-18,27H,13H2,1-12H3/t14-,15+,16-,17-,18+/m0/s1. The first-order valence-electron chi connectivity index (χ1n) is 12.1. The molecule has 0 spiro atoms. The zero-order valence-electron chi connectivity index (χ0n) is 23.7. The molecule has 10 nitrogen and oxygen atoms in total. The monoisotopic (exact) mass is 516 g/mol. The summed E-state index contributed by atoms with van der Waals surface area (Å²) < 4.78 is 28.0. The van der Waals surface area contributed by atoms with Crippen LogP contribution in [0.2, 0.25) is 0 Å². The Morgan fingerprint density at radius 2 is 0.917 bits per heavy atom. The molecule has 208 valence electrons. The molecule has 1 heterocycles. The summed E-state index contributed by atoms with van der Waals surface area (Å²) >= 11 is 0. The lowest BCUT2D eigenvalue weighted by atomic mass is 9.93. The van der Waals surface area contributed by atoms with Crippen LogP contribution in [0.4, 0.5) is 0 Å². The van der Waals surface area contributed by atoms with Crippen molar-refractivity contribution in [1.82, 2.24) is 0 Å². The molecular formula is C26H44O10. The van der Waals surface area contributed by atoms with Gasteiger partial charge in [-0.15, -0.1) is 0 Å². The third-order valence-electron chi connectivity index (χ3n) is 5.17. The van der Waals surface area contributed by atoms with Gasteiger partial charge < -0.3 is 28.8 Å². The third-order valence-corrected chi connectivity index (χ3v) is 5.17. The van der Waals surface area contributed by atoms with Crippen molar-refractivity contribution in [1.29, 1.82) is 0 Å². The molecule has 1 N–H and O–H groups in total. The van der Waals surface area contributed by atoms with E-state index < -0.39 is 82.8 Å². The van der Waals surface area contributed by atoms with Gasteiger partial charge in [-0.3, -0.25) is 19.2 Å². The van der Waals surface area contributed by atoms with Crippen molar-refractivity contribution in [2.45, 2.75) is 114 Å². The second kappa shape index (κ2) is 11.0. The molecule has 1 rings (SSSR count). The second-order valence-electron chi connectivity index (χ2n) is 13.3. The van der Waals surface area contributed by atoms with E-state index in [4.69, 9.17) is 23.7 Å². The molecule has 1 saturated heterocycles. The summed E-state index contributed by atoms with van der Waals surface area (Å²) in [6.45, 7) is 19.2. The van der Waals surface area contributed by atoms with Crippen LogP contribution < -0.4 is 0 Å². The number of ether oxygens (including phenoxy) is 5. The van der Waals surface area contributed by atoms with Crippen molar-refractivity contribution in [3.05, 3.63) is 0 Å². The molecule has 1 aliphatic heterocycles. The summed E-state index contributed by atoms with van der Waals surface area (Å²) in [5, 5.41) is 10.8. The van der Waals surface area contributed by atoms with Gasteiger partial charge in [0, 0.05) is 0 Å². The quantitative estimate of drug-likeness (QED) is 0.429. The van der Waals surface area contributed by atoms with Crippen molar-refractivity contribution in [2.75, 3.05) is 6.61 Å². The number of hydrogen-bond donors (Lipinski definition) is 1. The molecular weight excluding hydrogens is 472 g/mol. The predicted octanol–water partition coefficient (Wildman–Crippen LogP) is 3.17. The van der Waals surface area contributed by atoms with Gasteiger partial charge in [0.1, 0.15) is 12.7 Å². The van der Waals surface area contributed by atoms with Crippen molar-refractivity contribution in [3.8, 4) is 0 Å². The lowest BCUT2D eigenvalue weighted by molar-refractivity contribution is -0.300. The molecule has 10 heteroatoms. The Morgan fingerprint density at radius 3 is 1.28 bits per heavy atom. The smallest absolute Gasteiger partial charge is 0.311 e. The number of esters is 4. The Labute approximate surface area is 214 Å². The topological polar surface area (TPSA) is 135 Å². The maximum atomic E-state index is 12.9. The number of aliphatic hydroxyl groups excluding tert-OH is 1. The first-order chi connectivity index (χ1) is 16.0. The zero-order chi connectivity index (χ0) is 28.4. The minimum atomic E-state index is -1.75. The second-order valence-corrected chi connectivity index (χ2v) is 13.3. The minimum absolute atomic E-state index is 0.404. The molecule has 0 aromatic rings. The lowest BCUT2D eigenvalue weighted by Gasteiger charge is -2.44. The molecule has 0 radical (unpaired) electrons. The summed E-state index contributed by atoms with van der Waals surface area (Å²) in [6.07, 6.45) is -7.25. The summed E-state index contributed by atoms with van der Waals surface area (Å²) in [7, 11) is 0. The van der Waals surface area contributed by atoms with Crippen molar-refractivity contribution in [3.63, 3.8) is 0 Å². The van der Waals surface area contributed by atoms with Crippen LogP contribution in [0.15, 0.2) is 0 Å². The van der Waals surface area contributed by atoms with E-state index in [0.29, 0.717) is 0 Å². The third kappa shape index (κ3) is 8.73. The average molecular weight is 517 g/mol. The summed E-state index contributed by atoms with van der Waals surface area (Å²) in [6, 6.07) is 0. The molecule has 0 aromatic heterocycles. The average Bonchev–Trinajstić information content (AvgIpc) is 2.67. The van der Waals surface area contributed by atoms with E-state index in [-0.39, 0.29) is 0 Å². The number of carbonyl (C=O) groups excluding carboxylic acids is 4. The van der Waals surface area contributed by atoms with Gasteiger partial charge in [0.2, 0.25) is 0 Å². The summed E-state index contributed by atoms with van der Waals surface area (Å²) in [5.41, 5.74) is -3.68. The Hall–Kier alpha value is -2.20. The number of rotatable bonds is 5. The van der Waals surface area contributed by atoms with E-state index in [0.717, 1.165) is 0 Å². The zero-order valence-corrected chi connectivity index (χ0v) is 23.7. The van der Waals surface area contributed by atoms with Gasteiger partial charge in [-0.25, -0.2) is 0 Å². The first-order valence-corrected chi connectivity index (χ1v) is 12.1. The molecule has 0 bridgehead atoms. The van der Waals surface area contributed by atoms with E-state index in [1.807, 2.05) is 0 Å². The van der Waals surface area contributed by atoms with Crippen LogP contribution in [-0.2, 0) is 42.9 Å². The fourth-order valence-electron chi connectivity index (χ4n) is 2.71. The highest BCUT2D eigenvalue weighted by atomic mass is 16.7. The Kier molecular flexibility index (Phi) is 9.77. The van der Waals surface area contributed by atoms with Crippen LogP contribution in [0.3, 0.4) is 0 Å². The van der Waals surface area contributed by atoms with Crippen molar-refractivity contribution >= 4 is 23.9 Å². The number of hydrogen-bond acceptors (Lipinski definition) is 10. The van der Waals surface area contributed by atoms with Gasteiger partial charge in [0.15, 0.2) is 24.6 Å². The molecule has 0 unspecified atom stereocenters. The first kappa shape index (κ1) is 31.8.